The van der Waals surface area contributed by atoms with E-state index in [4.69, 9.17) is 9.84 Å². The van der Waals surface area contributed by atoms with Gasteiger partial charge in [-0.15, -0.1) is 0 Å². The average Bonchev–Trinajstić information content (AvgIpc) is 2.27. The normalized spacial score (nSPS) is 20.9. The topological polar surface area (TPSA) is 49.8 Å². The summed E-state index contributed by atoms with van der Waals surface area (Å²) in [5.41, 5.74) is 0. The van der Waals surface area contributed by atoms with Crippen molar-refractivity contribution in [2.45, 2.75) is 51.7 Å². The van der Waals surface area contributed by atoms with E-state index in [1.54, 1.807) is 0 Å². The summed E-state index contributed by atoms with van der Waals surface area (Å²) in [5, 5.41) is 8.83. The molecule has 1 heterocycles. The molecule has 1 rings (SSSR count). The molecule has 94 valence electrons. The molecule has 1 aliphatic rings. The van der Waals surface area contributed by atoms with Crippen molar-refractivity contribution in [1.82, 2.24) is 4.90 Å². The van der Waals surface area contributed by atoms with E-state index >= 15 is 0 Å². The van der Waals surface area contributed by atoms with E-state index in [0.717, 1.165) is 39.0 Å². The molecule has 0 spiro atoms. The lowest BCUT2D eigenvalue weighted by atomic mass is 10.0. The Balaban J connectivity index is 2.35. The van der Waals surface area contributed by atoms with Crippen LogP contribution in [0.4, 0.5) is 0 Å². The number of rotatable bonds is 6. The summed E-state index contributed by atoms with van der Waals surface area (Å²) >= 11 is 0. The minimum Gasteiger partial charge on any atom is -0.481 e. The highest BCUT2D eigenvalue weighted by Gasteiger charge is 2.25. The van der Waals surface area contributed by atoms with Gasteiger partial charge in [0, 0.05) is 25.7 Å². The van der Waals surface area contributed by atoms with Crippen LogP contribution in [-0.2, 0) is 9.53 Å². The molecule has 4 heteroatoms. The van der Waals surface area contributed by atoms with Gasteiger partial charge in [-0.1, -0.05) is 6.92 Å². The molecule has 0 aliphatic carbocycles. The van der Waals surface area contributed by atoms with Gasteiger partial charge in [0.1, 0.15) is 0 Å². The lowest BCUT2D eigenvalue weighted by molar-refractivity contribution is -0.138. The summed E-state index contributed by atoms with van der Waals surface area (Å²) in [6.07, 6.45) is 3.61. The molecule has 0 aromatic carbocycles. The summed E-state index contributed by atoms with van der Waals surface area (Å²) in [6.45, 7) is 6.79. The van der Waals surface area contributed by atoms with Crippen LogP contribution in [-0.4, -0.2) is 47.8 Å². The van der Waals surface area contributed by atoms with Gasteiger partial charge in [-0.2, -0.15) is 0 Å². The monoisotopic (exact) mass is 229 g/mol. The maximum Gasteiger partial charge on any atom is 0.304 e. The predicted octanol–water partition coefficient (Wildman–Crippen LogP) is 1.74. The standard InChI is InChI=1S/C12H23NO3/c1-3-10(9-12(14)15)13-7-5-11(6-8-13)16-4-2/h10-11H,3-9H2,1-2H3,(H,14,15). The number of carbonyl (C=O) groups is 1. The molecule has 1 atom stereocenters. The molecule has 0 aromatic heterocycles. The van der Waals surface area contributed by atoms with E-state index in [2.05, 4.69) is 11.8 Å². The van der Waals surface area contributed by atoms with E-state index < -0.39 is 5.97 Å². The number of carboxylic acids is 1. The van der Waals surface area contributed by atoms with Crippen LogP contribution in [0.5, 0.6) is 0 Å². The number of aliphatic carboxylic acids is 1. The Bertz CT molecular complexity index is 212. The zero-order valence-electron chi connectivity index (χ0n) is 10.3. The Labute approximate surface area is 97.6 Å². The maximum atomic E-state index is 10.7. The highest BCUT2D eigenvalue weighted by molar-refractivity contribution is 5.67. The Kier molecular flexibility index (Phi) is 5.77. The zero-order valence-corrected chi connectivity index (χ0v) is 10.3. The maximum absolute atomic E-state index is 10.7. The van der Waals surface area contributed by atoms with Crippen molar-refractivity contribution in [3.8, 4) is 0 Å². The second-order valence-corrected chi connectivity index (χ2v) is 4.35. The number of piperidine rings is 1. The first-order valence-corrected chi connectivity index (χ1v) is 6.24. The molecule has 0 radical (unpaired) electrons. The molecular weight excluding hydrogens is 206 g/mol. The average molecular weight is 229 g/mol. The number of hydrogen-bond donors (Lipinski definition) is 1. The summed E-state index contributed by atoms with van der Waals surface area (Å²) in [4.78, 5) is 13.0. The molecule has 16 heavy (non-hydrogen) atoms. The zero-order chi connectivity index (χ0) is 12.0. The first kappa shape index (κ1) is 13.5. The Hall–Kier alpha value is -0.610. The number of likely N-dealkylation sites (tertiary alicyclic amines) is 1. The molecule has 1 aliphatic heterocycles. The fraction of sp³-hybridized carbons (Fsp3) is 0.917. The fourth-order valence-corrected chi connectivity index (χ4v) is 2.38. The molecule has 1 N–H and O–H groups in total. The van der Waals surface area contributed by atoms with Crippen molar-refractivity contribution in [2.24, 2.45) is 0 Å². The third-order valence-corrected chi connectivity index (χ3v) is 3.28. The van der Waals surface area contributed by atoms with E-state index in [1.165, 1.54) is 0 Å². The Morgan fingerprint density at radius 3 is 2.50 bits per heavy atom. The quantitative estimate of drug-likeness (QED) is 0.753. The number of carboxylic acid groups (broad SMARTS) is 1. The summed E-state index contributed by atoms with van der Waals surface area (Å²) in [5.74, 6) is -0.696. The second kappa shape index (κ2) is 6.86. The number of nitrogens with zero attached hydrogens (tertiary/aromatic N) is 1. The predicted molar refractivity (Wildman–Crippen MR) is 62.6 cm³/mol. The Morgan fingerprint density at radius 2 is 2.06 bits per heavy atom. The SMILES string of the molecule is CCOC1CCN(C(CC)CC(=O)O)CC1. The lowest BCUT2D eigenvalue weighted by Gasteiger charge is -2.36. The molecule has 4 nitrogen and oxygen atoms in total. The first-order valence-electron chi connectivity index (χ1n) is 6.24. The Morgan fingerprint density at radius 1 is 1.44 bits per heavy atom. The van der Waals surface area contributed by atoms with Crippen LogP contribution in [0.3, 0.4) is 0 Å². The highest BCUT2D eigenvalue weighted by atomic mass is 16.5. The van der Waals surface area contributed by atoms with Gasteiger partial charge in [0.05, 0.1) is 12.5 Å². The number of ether oxygens (including phenoxy) is 1. The third-order valence-electron chi connectivity index (χ3n) is 3.28. The summed E-state index contributed by atoms with van der Waals surface area (Å²) < 4.78 is 5.58. The van der Waals surface area contributed by atoms with Crippen molar-refractivity contribution in [1.29, 1.82) is 0 Å². The van der Waals surface area contributed by atoms with Crippen LogP contribution < -0.4 is 0 Å². The van der Waals surface area contributed by atoms with Crippen molar-refractivity contribution in [3.05, 3.63) is 0 Å². The van der Waals surface area contributed by atoms with Crippen LogP contribution in [0, 0.1) is 0 Å². The van der Waals surface area contributed by atoms with Crippen molar-refractivity contribution in [2.75, 3.05) is 19.7 Å². The molecule has 0 bridgehead atoms. The van der Waals surface area contributed by atoms with Crippen LogP contribution in [0.15, 0.2) is 0 Å². The molecule has 1 unspecified atom stereocenters. The van der Waals surface area contributed by atoms with Crippen LogP contribution in [0.1, 0.15) is 39.5 Å². The van der Waals surface area contributed by atoms with E-state index in [9.17, 15) is 4.79 Å². The minimum atomic E-state index is -0.696. The van der Waals surface area contributed by atoms with Crippen LogP contribution in [0.25, 0.3) is 0 Å². The summed E-state index contributed by atoms with van der Waals surface area (Å²) in [7, 11) is 0. The van der Waals surface area contributed by atoms with Gasteiger partial charge < -0.3 is 9.84 Å². The van der Waals surface area contributed by atoms with E-state index in [1.807, 2.05) is 6.92 Å². The van der Waals surface area contributed by atoms with E-state index in [0.29, 0.717) is 6.10 Å². The molecule has 0 aromatic rings. The first-order chi connectivity index (χ1) is 7.67. The fourth-order valence-electron chi connectivity index (χ4n) is 2.38. The van der Waals surface area contributed by atoms with Gasteiger partial charge in [0.15, 0.2) is 0 Å². The van der Waals surface area contributed by atoms with Gasteiger partial charge in [-0.3, -0.25) is 9.69 Å². The van der Waals surface area contributed by atoms with Gasteiger partial charge in [-0.25, -0.2) is 0 Å². The molecule has 1 fully saturated rings. The minimum absolute atomic E-state index is 0.195. The summed E-state index contributed by atoms with van der Waals surface area (Å²) in [6, 6.07) is 0.195. The van der Waals surface area contributed by atoms with E-state index in [-0.39, 0.29) is 12.5 Å². The third kappa shape index (κ3) is 4.10. The van der Waals surface area contributed by atoms with Crippen LogP contribution >= 0.6 is 0 Å². The number of hydrogen-bond acceptors (Lipinski definition) is 3. The highest BCUT2D eigenvalue weighted by Crippen LogP contribution is 2.18. The van der Waals surface area contributed by atoms with Gasteiger partial charge in [0.25, 0.3) is 0 Å². The molecule has 1 saturated heterocycles. The van der Waals surface area contributed by atoms with Gasteiger partial charge >= 0.3 is 5.97 Å². The second-order valence-electron chi connectivity index (χ2n) is 4.35. The van der Waals surface area contributed by atoms with Gasteiger partial charge in [-0.05, 0) is 26.2 Å². The van der Waals surface area contributed by atoms with Crippen molar-refractivity contribution >= 4 is 5.97 Å². The van der Waals surface area contributed by atoms with Crippen molar-refractivity contribution in [3.63, 3.8) is 0 Å². The van der Waals surface area contributed by atoms with Crippen LogP contribution in [0.2, 0.25) is 0 Å². The molecular formula is C12H23NO3. The van der Waals surface area contributed by atoms with Crippen molar-refractivity contribution < 1.29 is 14.6 Å². The molecule has 0 saturated carbocycles. The molecule has 0 amide bonds. The van der Waals surface area contributed by atoms with Gasteiger partial charge in [0.2, 0.25) is 0 Å². The smallest absolute Gasteiger partial charge is 0.304 e. The lowest BCUT2D eigenvalue weighted by Crippen LogP contribution is -2.44. The largest absolute Gasteiger partial charge is 0.481 e.